The van der Waals surface area contributed by atoms with E-state index in [1.807, 2.05) is 49.4 Å². The Kier molecular flexibility index (Phi) is 4.29. The summed E-state index contributed by atoms with van der Waals surface area (Å²) in [6.07, 6.45) is 0. The molecule has 0 spiro atoms. The maximum absolute atomic E-state index is 5.80. The Morgan fingerprint density at radius 3 is 2.42 bits per heavy atom. The second-order valence-electron chi connectivity index (χ2n) is 4.40. The molecule has 0 radical (unpaired) electrons. The summed E-state index contributed by atoms with van der Waals surface area (Å²) in [6, 6.07) is 13.6. The average Bonchev–Trinajstić information content (AvgIpc) is 2.41. The summed E-state index contributed by atoms with van der Waals surface area (Å²) >= 11 is 0. The number of hydrogen-bond acceptors (Lipinski definition) is 3. The first-order chi connectivity index (χ1) is 9.19. The largest absolute Gasteiger partial charge is 0.493 e. The van der Waals surface area contributed by atoms with Gasteiger partial charge in [-0.25, -0.2) is 0 Å². The third kappa shape index (κ3) is 3.65. The normalized spacial score (nSPS) is 10.2. The molecule has 0 amide bonds. The Bertz CT molecular complexity index is 535. The van der Waals surface area contributed by atoms with Gasteiger partial charge in [-0.15, -0.1) is 0 Å². The Morgan fingerprint density at radius 1 is 1.00 bits per heavy atom. The summed E-state index contributed by atoms with van der Waals surface area (Å²) in [5.41, 5.74) is 8.69. The molecule has 0 aliphatic rings. The van der Waals surface area contributed by atoms with Crippen LogP contribution in [0.4, 0.5) is 5.69 Å². The van der Waals surface area contributed by atoms with Gasteiger partial charge in [0.2, 0.25) is 0 Å². The summed E-state index contributed by atoms with van der Waals surface area (Å²) in [7, 11) is 0. The molecule has 0 atom stereocenters. The molecule has 0 aliphatic carbocycles. The maximum Gasteiger partial charge on any atom is 0.126 e. The number of aryl methyl sites for hydroxylation is 1. The average molecular weight is 257 g/mol. The van der Waals surface area contributed by atoms with Crippen LogP contribution >= 0.6 is 0 Å². The molecule has 2 aromatic rings. The van der Waals surface area contributed by atoms with Crippen LogP contribution in [0.2, 0.25) is 0 Å². The molecule has 2 aromatic carbocycles. The minimum atomic E-state index is 0.448. The molecular weight excluding hydrogens is 238 g/mol. The highest BCUT2D eigenvalue weighted by Crippen LogP contribution is 2.23. The number of ether oxygens (including phenoxy) is 2. The van der Waals surface area contributed by atoms with Gasteiger partial charge in [-0.2, -0.15) is 0 Å². The molecule has 0 aromatic heterocycles. The van der Waals surface area contributed by atoms with Gasteiger partial charge < -0.3 is 15.2 Å². The standard InChI is InChI=1S/C16H19NO2/c1-3-18-16-9-6-14(17)10-13(16)11-19-15-7-4-12(2)5-8-15/h4-10H,3,11,17H2,1-2H3. The van der Waals surface area contributed by atoms with Gasteiger partial charge in [0.1, 0.15) is 18.1 Å². The first-order valence-electron chi connectivity index (χ1n) is 6.39. The number of hydrogen-bond donors (Lipinski definition) is 1. The van der Waals surface area contributed by atoms with Crippen LogP contribution in [0.3, 0.4) is 0 Å². The fourth-order valence-corrected chi connectivity index (χ4v) is 1.80. The minimum absolute atomic E-state index is 0.448. The molecule has 3 heteroatoms. The van der Waals surface area contributed by atoms with E-state index >= 15 is 0 Å². The van der Waals surface area contributed by atoms with Crippen LogP contribution in [-0.2, 0) is 6.61 Å². The zero-order valence-electron chi connectivity index (χ0n) is 11.3. The van der Waals surface area contributed by atoms with E-state index < -0.39 is 0 Å². The lowest BCUT2D eigenvalue weighted by molar-refractivity contribution is 0.286. The molecule has 19 heavy (non-hydrogen) atoms. The molecule has 2 N–H and O–H groups in total. The molecule has 0 saturated heterocycles. The number of benzene rings is 2. The number of anilines is 1. The van der Waals surface area contributed by atoms with E-state index in [-0.39, 0.29) is 0 Å². The number of rotatable bonds is 5. The lowest BCUT2D eigenvalue weighted by Gasteiger charge is -2.12. The van der Waals surface area contributed by atoms with Gasteiger partial charge in [-0.05, 0) is 44.2 Å². The van der Waals surface area contributed by atoms with E-state index in [2.05, 4.69) is 6.92 Å². The smallest absolute Gasteiger partial charge is 0.126 e. The molecule has 3 nitrogen and oxygen atoms in total. The van der Waals surface area contributed by atoms with Gasteiger partial charge in [-0.3, -0.25) is 0 Å². The zero-order chi connectivity index (χ0) is 13.7. The Morgan fingerprint density at radius 2 is 1.74 bits per heavy atom. The fraction of sp³-hybridized carbons (Fsp3) is 0.250. The van der Waals surface area contributed by atoms with Crippen molar-refractivity contribution in [2.24, 2.45) is 0 Å². The first kappa shape index (κ1) is 13.3. The van der Waals surface area contributed by atoms with Crippen molar-refractivity contribution in [1.29, 1.82) is 0 Å². The molecule has 0 aliphatic heterocycles. The quantitative estimate of drug-likeness (QED) is 0.833. The van der Waals surface area contributed by atoms with E-state index in [1.165, 1.54) is 5.56 Å². The molecule has 2 rings (SSSR count). The van der Waals surface area contributed by atoms with Gasteiger partial charge in [0.15, 0.2) is 0 Å². The second-order valence-corrected chi connectivity index (χ2v) is 4.40. The topological polar surface area (TPSA) is 44.5 Å². The Labute approximate surface area is 114 Å². The summed E-state index contributed by atoms with van der Waals surface area (Å²) in [5.74, 6) is 1.67. The van der Waals surface area contributed by atoms with Crippen molar-refractivity contribution in [3.8, 4) is 11.5 Å². The predicted octanol–water partition coefficient (Wildman–Crippen LogP) is 3.55. The van der Waals surface area contributed by atoms with E-state index in [0.29, 0.717) is 18.9 Å². The summed E-state index contributed by atoms with van der Waals surface area (Å²) in [5, 5.41) is 0. The first-order valence-corrected chi connectivity index (χ1v) is 6.39. The monoisotopic (exact) mass is 257 g/mol. The lowest BCUT2D eigenvalue weighted by Crippen LogP contribution is -2.02. The van der Waals surface area contributed by atoms with E-state index in [4.69, 9.17) is 15.2 Å². The number of nitrogen functional groups attached to an aromatic ring is 1. The SMILES string of the molecule is CCOc1ccc(N)cc1COc1ccc(C)cc1. The van der Waals surface area contributed by atoms with Crippen molar-refractivity contribution in [1.82, 2.24) is 0 Å². The van der Waals surface area contributed by atoms with Crippen molar-refractivity contribution in [2.45, 2.75) is 20.5 Å². The van der Waals surface area contributed by atoms with Crippen LogP contribution in [0.25, 0.3) is 0 Å². The van der Waals surface area contributed by atoms with Crippen LogP contribution in [0, 0.1) is 6.92 Å². The van der Waals surface area contributed by atoms with E-state index in [0.717, 1.165) is 17.1 Å². The zero-order valence-corrected chi connectivity index (χ0v) is 11.3. The third-order valence-corrected chi connectivity index (χ3v) is 2.80. The molecule has 0 unspecified atom stereocenters. The van der Waals surface area contributed by atoms with Crippen molar-refractivity contribution in [3.05, 3.63) is 53.6 Å². The third-order valence-electron chi connectivity index (χ3n) is 2.80. The molecular formula is C16H19NO2. The van der Waals surface area contributed by atoms with Crippen molar-refractivity contribution in [2.75, 3.05) is 12.3 Å². The van der Waals surface area contributed by atoms with Crippen molar-refractivity contribution >= 4 is 5.69 Å². The summed E-state index contributed by atoms with van der Waals surface area (Å²) in [6.45, 7) is 5.08. The molecule has 0 saturated carbocycles. The van der Waals surface area contributed by atoms with Crippen LogP contribution in [0.1, 0.15) is 18.1 Å². The van der Waals surface area contributed by atoms with Gasteiger partial charge in [0.25, 0.3) is 0 Å². The number of nitrogens with two attached hydrogens (primary N) is 1. The van der Waals surface area contributed by atoms with Crippen molar-refractivity contribution in [3.63, 3.8) is 0 Å². The van der Waals surface area contributed by atoms with Crippen LogP contribution in [0.15, 0.2) is 42.5 Å². The molecule has 0 fully saturated rings. The fourth-order valence-electron chi connectivity index (χ4n) is 1.80. The van der Waals surface area contributed by atoms with Gasteiger partial charge >= 0.3 is 0 Å². The van der Waals surface area contributed by atoms with E-state index in [1.54, 1.807) is 0 Å². The summed E-state index contributed by atoms with van der Waals surface area (Å²) < 4.78 is 11.3. The second kappa shape index (κ2) is 6.14. The molecule has 100 valence electrons. The Hall–Kier alpha value is -2.16. The molecule has 0 heterocycles. The van der Waals surface area contributed by atoms with Crippen LogP contribution in [-0.4, -0.2) is 6.61 Å². The highest BCUT2D eigenvalue weighted by molar-refractivity contribution is 5.47. The Balaban J connectivity index is 2.09. The predicted molar refractivity (Wildman–Crippen MR) is 77.5 cm³/mol. The van der Waals surface area contributed by atoms with Crippen LogP contribution < -0.4 is 15.2 Å². The highest BCUT2D eigenvalue weighted by atomic mass is 16.5. The minimum Gasteiger partial charge on any atom is -0.493 e. The van der Waals surface area contributed by atoms with Crippen LogP contribution in [0.5, 0.6) is 11.5 Å². The summed E-state index contributed by atoms with van der Waals surface area (Å²) in [4.78, 5) is 0. The van der Waals surface area contributed by atoms with E-state index in [9.17, 15) is 0 Å². The lowest BCUT2D eigenvalue weighted by atomic mass is 10.2. The van der Waals surface area contributed by atoms with Crippen molar-refractivity contribution < 1.29 is 9.47 Å². The van der Waals surface area contributed by atoms with Gasteiger partial charge in [0, 0.05) is 11.3 Å². The maximum atomic E-state index is 5.80. The molecule has 0 bridgehead atoms. The van der Waals surface area contributed by atoms with Gasteiger partial charge in [0.05, 0.1) is 6.61 Å². The van der Waals surface area contributed by atoms with Gasteiger partial charge in [-0.1, -0.05) is 17.7 Å². The highest BCUT2D eigenvalue weighted by Gasteiger charge is 2.05.